The van der Waals surface area contributed by atoms with E-state index in [9.17, 15) is 29.8 Å². The van der Waals surface area contributed by atoms with Crippen molar-refractivity contribution in [1.29, 1.82) is 0 Å². The summed E-state index contributed by atoms with van der Waals surface area (Å²) in [6, 6.07) is 17.5. The lowest BCUT2D eigenvalue weighted by molar-refractivity contribution is -0.463. The normalized spacial score (nSPS) is 13.1. The highest BCUT2D eigenvalue weighted by Crippen LogP contribution is 2.23. The van der Waals surface area contributed by atoms with Gasteiger partial charge in [0.15, 0.2) is 5.71 Å². The number of benzene rings is 3. The smallest absolute Gasteiger partial charge is 0.258 e. The summed E-state index contributed by atoms with van der Waals surface area (Å²) in [7, 11) is 0. The third kappa shape index (κ3) is 3.65. The number of hydrazone groups is 1. The van der Waals surface area contributed by atoms with Gasteiger partial charge in [-0.05, 0) is 12.1 Å². The van der Waals surface area contributed by atoms with Gasteiger partial charge in [-0.25, -0.2) is 4.79 Å². The first-order valence-corrected chi connectivity index (χ1v) is 9.23. The average Bonchev–Trinajstić information content (AvgIpc) is 3.08. The van der Waals surface area contributed by atoms with Crippen LogP contribution in [0.3, 0.4) is 0 Å². The van der Waals surface area contributed by atoms with Crippen LogP contribution in [0.4, 0.5) is 26.7 Å². The van der Waals surface area contributed by atoms with Gasteiger partial charge < -0.3 is 0 Å². The van der Waals surface area contributed by atoms with Crippen LogP contribution in [0.25, 0.3) is 0 Å². The number of nitro benzene ring substituents is 2. The number of rotatable bonds is 5. The Morgan fingerprint density at radius 3 is 1.81 bits per heavy atom. The summed E-state index contributed by atoms with van der Waals surface area (Å²) in [6.45, 7) is 0. The summed E-state index contributed by atoms with van der Waals surface area (Å²) in [6.07, 6.45) is 0. The van der Waals surface area contributed by atoms with Crippen molar-refractivity contribution in [3.63, 3.8) is 0 Å². The van der Waals surface area contributed by atoms with E-state index in [0.29, 0.717) is 5.69 Å². The first-order valence-electron chi connectivity index (χ1n) is 9.23. The Bertz CT molecular complexity index is 1250. The van der Waals surface area contributed by atoms with E-state index in [2.05, 4.69) is 5.43 Å². The molecule has 1 fully saturated rings. The molecule has 0 radical (unpaired) electrons. The second kappa shape index (κ2) is 8.07. The highest BCUT2D eigenvalue weighted by atomic mass is 16.6. The van der Waals surface area contributed by atoms with E-state index in [1.165, 1.54) is 48.5 Å². The largest absolute Gasteiger partial charge is 0.532 e. The number of para-hydroxylation sites is 1. The van der Waals surface area contributed by atoms with Crippen molar-refractivity contribution >= 4 is 34.8 Å². The van der Waals surface area contributed by atoms with Gasteiger partial charge in [0.25, 0.3) is 11.4 Å². The van der Waals surface area contributed by atoms with E-state index >= 15 is 0 Å². The van der Waals surface area contributed by atoms with Gasteiger partial charge in [-0.3, -0.25) is 20.2 Å². The second-order valence-electron chi connectivity index (χ2n) is 6.67. The van der Waals surface area contributed by atoms with E-state index in [4.69, 9.17) is 0 Å². The minimum absolute atomic E-state index is 0.0502. The topological polar surface area (TPSA) is 139 Å². The predicted molar refractivity (Wildman–Crippen MR) is 113 cm³/mol. The fourth-order valence-corrected chi connectivity index (χ4v) is 3.30. The van der Waals surface area contributed by atoms with Crippen LogP contribution in [0.2, 0.25) is 0 Å². The average molecular weight is 432 g/mol. The Balaban J connectivity index is 1.95. The molecular formula is C21H14N5O6+. The molecule has 32 heavy (non-hydrogen) atoms. The molecule has 0 spiro atoms. The number of non-ortho nitro benzene ring substituents is 2. The van der Waals surface area contributed by atoms with Crippen molar-refractivity contribution in [3.8, 4) is 0 Å². The van der Waals surface area contributed by atoms with Crippen molar-refractivity contribution in [3.05, 3.63) is 110 Å². The number of carbonyl (C=O) groups excluding carboxylic acids is 2. The zero-order valence-corrected chi connectivity index (χ0v) is 16.2. The van der Waals surface area contributed by atoms with E-state index in [-0.39, 0.29) is 28.2 Å². The molecular weight excluding hydrogens is 418 g/mol. The van der Waals surface area contributed by atoms with Crippen molar-refractivity contribution in [1.82, 2.24) is 5.43 Å². The van der Waals surface area contributed by atoms with E-state index in [1.807, 2.05) is 0 Å². The summed E-state index contributed by atoms with van der Waals surface area (Å²) in [5, 5.41) is 22.6. The molecule has 4 rings (SSSR count). The molecule has 1 saturated heterocycles. The molecule has 158 valence electrons. The van der Waals surface area contributed by atoms with Gasteiger partial charge in [0, 0.05) is 35.4 Å². The lowest BCUT2D eigenvalue weighted by Gasteiger charge is -2.08. The first kappa shape index (κ1) is 20.3. The Morgan fingerprint density at radius 1 is 0.781 bits per heavy atom. The Kier molecular flexibility index (Phi) is 5.13. The fourth-order valence-electron chi connectivity index (χ4n) is 3.30. The fraction of sp³-hybridized carbons (Fsp3) is 0. The third-order valence-electron chi connectivity index (χ3n) is 4.69. The number of hydrogen-bond donors (Lipinski definition) is 1. The number of nitrogens with zero attached hydrogens (tertiary/aromatic N) is 4. The third-order valence-corrected chi connectivity index (χ3v) is 4.69. The molecule has 0 aromatic heterocycles. The van der Waals surface area contributed by atoms with Gasteiger partial charge in [-0.15, -0.1) is 10.3 Å². The highest BCUT2D eigenvalue weighted by Gasteiger charge is 2.47. The monoisotopic (exact) mass is 432 g/mol. The number of amides is 4. The number of nitrogens with one attached hydrogen (secondary N) is 1. The van der Waals surface area contributed by atoms with Gasteiger partial charge >= 0.3 is 12.1 Å². The number of hydrazine groups is 1. The summed E-state index contributed by atoms with van der Waals surface area (Å²) >= 11 is 0. The lowest BCUT2D eigenvalue weighted by atomic mass is 10.0. The minimum Gasteiger partial charge on any atom is -0.258 e. The molecule has 0 bridgehead atoms. The molecule has 4 amide bonds. The maximum atomic E-state index is 13.2. The molecule has 1 N–H and O–H groups in total. The molecule has 1 aliphatic heterocycles. The van der Waals surface area contributed by atoms with Crippen LogP contribution in [0.5, 0.6) is 0 Å². The molecule has 0 atom stereocenters. The quantitative estimate of drug-likeness (QED) is 0.371. The summed E-state index contributed by atoms with van der Waals surface area (Å²) in [5.41, 5.74) is 2.73. The molecule has 11 heteroatoms. The summed E-state index contributed by atoms with van der Waals surface area (Å²) < 4.78 is 0.924. The van der Waals surface area contributed by atoms with Crippen LogP contribution < -0.4 is 10.3 Å². The maximum absolute atomic E-state index is 13.2. The Hall–Kier alpha value is -4.93. The molecule has 3 aromatic carbocycles. The molecule has 11 nitrogen and oxygen atoms in total. The number of imide groups is 1. The minimum atomic E-state index is -0.769. The van der Waals surface area contributed by atoms with E-state index in [1.54, 1.807) is 30.3 Å². The van der Waals surface area contributed by atoms with Crippen LogP contribution in [0.15, 0.2) is 78.9 Å². The van der Waals surface area contributed by atoms with Gasteiger partial charge in [0.2, 0.25) is 0 Å². The van der Waals surface area contributed by atoms with Gasteiger partial charge in [0.1, 0.15) is 5.69 Å². The van der Waals surface area contributed by atoms with Crippen LogP contribution in [0.1, 0.15) is 11.1 Å². The Labute approximate surface area is 180 Å². The number of hydrogen-bond acceptors (Lipinski definition) is 6. The van der Waals surface area contributed by atoms with Crippen molar-refractivity contribution in [2.24, 2.45) is 0 Å². The predicted octanol–water partition coefficient (Wildman–Crippen LogP) is 3.62. The standard InChI is InChI=1S/C21H13N5O6/c27-20-22-24(21(28)23(20)16-8-2-1-3-9-16)19(14-6-4-10-17(12-14)25(29)30)15-7-5-11-18(13-15)26(31)32/h1-13H/p+1. The molecule has 1 heterocycles. The van der Waals surface area contributed by atoms with Gasteiger partial charge in [-0.2, -0.15) is 4.79 Å². The number of nitro groups is 2. The van der Waals surface area contributed by atoms with Crippen LogP contribution in [-0.2, 0) is 0 Å². The molecule has 3 aromatic rings. The van der Waals surface area contributed by atoms with Gasteiger partial charge in [0.05, 0.1) is 9.85 Å². The molecule has 0 unspecified atom stereocenters. The highest BCUT2D eigenvalue weighted by molar-refractivity contribution is 6.19. The van der Waals surface area contributed by atoms with Gasteiger partial charge in [-0.1, -0.05) is 47.1 Å². The van der Waals surface area contributed by atoms with E-state index < -0.39 is 21.9 Å². The second-order valence-corrected chi connectivity index (χ2v) is 6.67. The SMILES string of the molecule is O=C1N[N+](=C(c2cccc([N+](=O)[O-])c2)c2cccc([N+](=O)[O-])c2)C(=O)N1c1ccccc1. The molecule has 1 aliphatic rings. The molecule has 0 saturated carbocycles. The Morgan fingerprint density at radius 2 is 1.31 bits per heavy atom. The van der Waals surface area contributed by atoms with Crippen molar-refractivity contribution < 1.29 is 24.1 Å². The van der Waals surface area contributed by atoms with Crippen LogP contribution in [0, 0.1) is 20.2 Å². The van der Waals surface area contributed by atoms with Crippen LogP contribution in [-0.4, -0.2) is 32.3 Å². The zero-order valence-electron chi connectivity index (χ0n) is 16.2. The van der Waals surface area contributed by atoms with E-state index in [0.717, 1.165) is 9.58 Å². The number of anilines is 1. The number of carbonyl (C=O) groups is 2. The lowest BCUT2D eigenvalue weighted by Crippen LogP contribution is -2.33. The molecule has 0 aliphatic carbocycles. The van der Waals surface area contributed by atoms with Crippen molar-refractivity contribution in [2.45, 2.75) is 0 Å². The van der Waals surface area contributed by atoms with Crippen molar-refractivity contribution in [2.75, 3.05) is 4.90 Å². The first-order chi connectivity index (χ1) is 15.4. The summed E-state index contributed by atoms with van der Waals surface area (Å²) in [4.78, 5) is 48.1. The zero-order chi connectivity index (χ0) is 22.8. The van der Waals surface area contributed by atoms with Crippen LogP contribution >= 0.6 is 0 Å². The summed E-state index contributed by atoms with van der Waals surface area (Å²) in [5.74, 6) is 0. The number of urea groups is 2. The maximum Gasteiger partial charge on any atom is 0.532 e.